The highest BCUT2D eigenvalue weighted by molar-refractivity contribution is 6.07. The van der Waals surface area contributed by atoms with Crippen LogP contribution in [-0.4, -0.2) is 6.10 Å². The zero-order valence-corrected chi connectivity index (χ0v) is 3.53. The fraction of sp³-hybridized carbons (Fsp3) is 1.00. The van der Waals surface area contributed by atoms with Crippen LogP contribution in [0.15, 0.2) is 0 Å². The minimum atomic E-state index is 0.400. The molecule has 1 saturated carbocycles. The van der Waals surface area contributed by atoms with E-state index in [2.05, 4.69) is 4.29 Å². The fourth-order valence-corrected chi connectivity index (χ4v) is 0.335. The molecule has 0 unspecified atom stereocenters. The predicted octanol–water partition coefficient (Wildman–Crippen LogP) is 1.32. The zero-order valence-electron chi connectivity index (χ0n) is 2.78. The summed E-state index contributed by atoms with van der Waals surface area (Å²) in [4.78, 5) is 0. The van der Waals surface area contributed by atoms with E-state index in [0.29, 0.717) is 6.10 Å². The molecule has 1 aliphatic carbocycles. The van der Waals surface area contributed by atoms with Crippen LogP contribution in [0.1, 0.15) is 12.8 Å². The van der Waals surface area contributed by atoms with Crippen molar-refractivity contribution in [2.75, 3.05) is 0 Å². The smallest absolute Gasteiger partial charge is 0.0792 e. The lowest BCUT2D eigenvalue weighted by atomic mass is 10.9. The maximum Gasteiger partial charge on any atom is 0.0792 e. The van der Waals surface area contributed by atoms with Crippen LogP contribution in [0.25, 0.3) is 0 Å². The summed E-state index contributed by atoms with van der Waals surface area (Å²) in [5, 5.41) is 0. The molecule has 1 nitrogen and oxygen atoms in total. The van der Waals surface area contributed by atoms with E-state index >= 15 is 0 Å². The highest BCUT2D eigenvalue weighted by atomic mass is 35.5. The molecule has 0 heterocycles. The van der Waals surface area contributed by atoms with Crippen LogP contribution in [0.3, 0.4) is 0 Å². The maximum absolute atomic E-state index is 4.90. The molecule has 0 atom stereocenters. The van der Waals surface area contributed by atoms with Gasteiger partial charge in [-0.2, -0.15) is 0 Å². The van der Waals surface area contributed by atoms with E-state index in [0.717, 1.165) is 12.8 Å². The van der Waals surface area contributed by atoms with Gasteiger partial charge in [-0.05, 0) is 12.8 Å². The van der Waals surface area contributed by atoms with Crippen molar-refractivity contribution in [2.24, 2.45) is 0 Å². The van der Waals surface area contributed by atoms with Gasteiger partial charge in [0.05, 0.1) is 18.0 Å². The molecule has 30 valence electrons. The third kappa shape index (κ3) is 0.781. The molecule has 1 aliphatic rings. The van der Waals surface area contributed by atoms with Gasteiger partial charge in [0.2, 0.25) is 0 Å². The molecule has 0 spiro atoms. The number of rotatable bonds is 1. The molecule has 0 aliphatic heterocycles. The Hall–Kier alpha value is 0.250. The molecule has 0 aromatic rings. The molecule has 1 fully saturated rings. The minimum Gasteiger partial charge on any atom is -0.276 e. The third-order valence-electron chi connectivity index (χ3n) is 0.650. The number of hydrogen-bond donors (Lipinski definition) is 0. The van der Waals surface area contributed by atoms with Crippen LogP contribution in [0.2, 0.25) is 0 Å². The molecule has 1 rings (SSSR count). The largest absolute Gasteiger partial charge is 0.276 e. The highest BCUT2D eigenvalue weighted by Crippen LogP contribution is 2.24. The van der Waals surface area contributed by atoms with Crippen LogP contribution in [0.5, 0.6) is 0 Å². The van der Waals surface area contributed by atoms with Gasteiger partial charge in [0, 0.05) is 0 Å². The van der Waals surface area contributed by atoms with Gasteiger partial charge in [0.1, 0.15) is 0 Å². The van der Waals surface area contributed by atoms with Crippen LogP contribution < -0.4 is 0 Å². The Morgan fingerprint density at radius 1 is 1.60 bits per heavy atom. The summed E-state index contributed by atoms with van der Waals surface area (Å²) in [6, 6.07) is 0. The quantitative estimate of drug-likeness (QED) is 0.474. The van der Waals surface area contributed by atoms with E-state index in [-0.39, 0.29) is 0 Å². The fourth-order valence-electron chi connectivity index (χ4n) is 0.157. The molecule has 0 radical (unpaired) electrons. The van der Waals surface area contributed by atoms with Crippen LogP contribution >= 0.6 is 11.9 Å². The van der Waals surface area contributed by atoms with Crippen molar-refractivity contribution in [3.05, 3.63) is 0 Å². The molecule has 0 saturated heterocycles. The summed E-state index contributed by atoms with van der Waals surface area (Å²) < 4.78 is 4.33. The summed E-state index contributed by atoms with van der Waals surface area (Å²) in [5.74, 6) is 0. The Morgan fingerprint density at radius 2 is 2.20 bits per heavy atom. The topological polar surface area (TPSA) is 9.23 Å². The molecule has 0 N–H and O–H groups in total. The molecule has 0 aromatic heterocycles. The van der Waals surface area contributed by atoms with Gasteiger partial charge in [-0.3, -0.25) is 4.29 Å². The summed E-state index contributed by atoms with van der Waals surface area (Å²) in [7, 11) is 0. The van der Waals surface area contributed by atoms with E-state index in [1.807, 2.05) is 0 Å². The Morgan fingerprint density at radius 3 is 2.20 bits per heavy atom. The van der Waals surface area contributed by atoms with Gasteiger partial charge in [-0.15, -0.1) is 0 Å². The van der Waals surface area contributed by atoms with Crippen molar-refractivity contribution < 1.29 is 4.29 Å². The lowest BCUT2D eigenvalue weighted by Gasteiger charge is -1.75. The zero-order chi connectivity index (χ0) is 3.70. The van der Waals surface area contributed by atoms with Gasteiger partial charge < -0.3 is 0 Å². The first-order valence-electron chi connectivity index (χ1n) is 1.71. The van der Waals surface area contributed by atoms with Gasteiger partial charge in [0.25, 0.3) is 0 Å². The van der Waals surface area contributed by atoms with Crippen molar-refractivity contribution >= 4 is 11.9 Å². The van der Waals surface area contributed by atoms with Crippen molar-refractivity contribution in [3.8, 4) is 0 Å². The summed E-state index contributed by atoms with van der Waals surface area (Å²) in [6.45, 7) is 0. The first-order chi connectivity index (χ1) is 2.43. The van der Waals surface area contributed by atoms with E-state index in [1.54, 1.807) is 0 Å². The molecule has 2 heteroatoms. The second kappa shape index (κ2) is 1.15. The van der Waals surface area contributed by atoms with Crippen molar-refractivity contribution in [1.29, 1.82) is 0 Å². The van der Waals surface area contributed by atoms with E-state index in [4.69, 9.17) is 11.9 Å². The SMILES string of the molecule is ClOC1CC1. The monoisotopic (exact) mass is 92.0 g/mol. The van der Waals surface area contributed by atoms with E-state index in [9.17, 15) is 0 Å². The number of hydrogen-bond acceptors (Lipinski definition) is 1. The maximum atomic E-state index is 4.90. The average Bonchev–Trinajstić information content (AvgIpc) is 2.12. The second-order valence-corrected chi connectivity index (χ2v) is 1.47. The molecular weight excluding hydrogens is 87.5 g/mol. The van der Waals surface area contributed by atoms with Crippen molar-refractivity contribution in [1.82, 2.24) is 0 Å². The molecular formula is C3H5ClO. The molecule has 0 bridgehead atoms. The highest BCUT2D eigenvalue weighted by Gasteiger charge is 2.21. The van der Waals surface area contributed by atoms with Gasteiger partial charge in [0.15, 0.2) is 0 Å². The third-order valence-corrected chi connectivity index (χ3v) is 0.902. The normalized spacial score (nSPS) is 23.4. The van der Waals surface area contributed by atoms with Crippen LogP contribution in [-0.2, 0) is 4.29 Å². The summed E-state index contributed by atoms with van der Waals surface area (Å²) >= 11 is 4.90. The van der Waals surface area contributed by atoms with Crippen LogP contribution in [0, 0.1) is 0 Å². The first-order valence-corrected chi connectivity index (χ1v) is 2.02. The van der Waals surface area contributed by atoms with Crippen LogP contribution in [0.4, 0.5) is 0 Å². The Bertz CT molecular complexity index is 33.9. The lowest BCUT2D eigenvalue weighted by molar-refractivity contribution is 0.337. The minimum absolute atomic E-state index is 0.400. The first kappa shape index (κ1) is 3.44. The van der Waals surface area contributed by atoms with Crippen molar-refractivity contribution in [3.63, 3.8) is 0 Å². The Kier molecular flexibility index (Phi) is 0.791. The predicted molar refractivity (Wildman–Crippen MR) is 20.0 cm³/mol. The van der Waals surface area contributed by atoms with Crippen molar-refractivity contribution in [2.45, 2.75) is 18.9 Å². The van der Waals surface area contributed by atoms with E-state index < -0.39 is 0 Å². The second-order valence-electron chi connectivity index (χ2n) is 1.29. The number of halogens is 1. The standard InChI is InChI=1S/C3H5ClO/c4-5-3-1-2-3/h3H,1-2H2. The van der Waals surface area contributed by atoms with E-state index in [1.165, 1.54) is 0 Å². The molecule has 0 aromatic carbocycles. The Labute approximate surface area is 36.1 Å². The summed E-state index contributed by atoms with van der Waals surface area (Å²) in [5.41, 5.74) is 0. The lowest BCUT2D eigenvalue weighted by Crippen LogP contribution is -1.72. The Balaban J connectivity index is 2.00. The molecule has 5 heavy (non-hydrogen) atoms. The average molecular weight is 92.5 g/mol. The van der Waals surface area contributed by atoms with Gasteiger partial charge in [-0.25, -0.2) is 0 Å². The van der Waals surface area contributed by atoms with Gasteiger partial charge >= 0.3 is 0 Å². The molecule has 0 amide bonds. The summed E-state index contributed by atoms with van der Waals surface area (Å²) in [6.07, 6.45) is 2.71. The van der Waals surface area contributed by atoms with Gasteiger partial charge in [-0.1, -0.05) is 0 Å².